The third kappa shape index (κ3) is 7.11. The normalized spacial score (nSPS) is 11.7. The molecular weight excluding hydrogens is 282 g/mol. The maximum atomic E-state index is 11.7. The molecule has 0 radical (unpaired) electrons. The molecule has 1 aromatic rings. The van der Waals surface area contributed by atoms with Crippen LogP contribution >= 0.6 is 0 Å². The Morgan fingerprint density at radius 1 is 1.32 bits per heavy atom. The molecule has 0 saturated carbocycles. The van der Waals surface area contributed by atoms with Crippen LogP contribution in [0.2, 0.25) is 0 Å². The second kappa shape index (κ2) is 9.82. The zero-order valence-electron chi connectivity index (χ0n) is 13.3. The van der Waals surface area contributed by atoms with Crippen molar-refractivity contribution in [2.24, 2.45) is 0 Å². The van der Waals surface area contributed by atoms with E-state index in [1.165, 1.54) is 6.92 Å². The lowest BCUT2D eigenvalue weighted by molar-refractivity contribution is -0.141. The maximum absolute atomic E-state index is 11.7. The highest BCUT2D eigenvalue weighted by atomic mass is 16.5. The van der Waals surface area contributed by atoms with Crippen LogP contribution < -0.4 is 10.1 Å². The summed E-state index contributed by atoms with van der Waals surface area (Å²) < 4.78 is 5.67. The second-order valence-electron chi connectivity index (χ2n) is 5.33. The predicted octanol–water partition coefficient (Wildman–Crippen LogP) is 2.78. The molecule has 122 valence electrons. The van der Waals surface area contributed by atoms with Gasteiger partial charge in [0.2, 0.25) is 5.91 Å². The molecule has 2 N–H and O–H groups in total. The van der Waals surface area contributed by atoms with E-state index in [4.69, 9.17) is 9.84 Å². The summed E-state index contributed by atoms with van der Waals surface area (Å²) in [5, 5.41) is 11.2. The Balaban J connectivity index is 2.39. The van der Waals surface area contributed by atoms with Crippen LogP contribution in [-0.2, 0) is 16.0 Å². The van der Waals surface area contributed by atoms with Gasteiger partial charge in [0.15, 0.2) is 0 Å². The number of hydrogen-bond donors (Lipinski definition) is 2. The van der Waals surface area contributed by atoms with Gasteiger partial charge in [-0.2, -0.15) is 0 Å². The Hall–Kier alpha value is -2.04. The summed E-state index contributed by atoms with van der Waals surface area (Å²) in [5.74, 6) is -0.479. The quantitative estimate of drug-likeness (QED) is 0.652. The zero-order valence-corrected chi connectivity index (χ0v) is 13.3. The van der Waals surface area contributed by atoms with E-state index in [-0.39, 0.29) is 12.3 Å². The molecule has 0 aliphatic carbocycles. The summed E-state index contributed by atoms with van der Waals surface area (Å²) in [4.78, 5) is 22.3. The molecule has 22 heavy (non-hydrogen) atoms. The number of unbranched alkanes of at least 4 members (excludes halogenated alkanes) is 2. The highest BCUT2D eigenvalue weighted by molar-refractivity contribution is 5.83. The zero-order chi connectivity index (χ0) is 16.4. The van der Waals surface area contributed by atoms with E-state index in [2.05, 4.69) is 12.2 Å². The average molecular weight is 307 g/mol. The molecule has 5 nitrogen and oxygen atoms in total. The molecule has 0 fully saturated rings. The summed E-state index contributed by atoms with van der Waals surface area (Å²) >= 11 is 0. The van der Waals surface area contributed by atoms with Gasteiger partial charge in [0.25, 0.3) is 0 Å². The van der Waals surface area contributed by atoms with Gasteiger partial charge in [0, 0.05) is 6.42 Å². The van der Waals surface area contributed by atoms with E-state index in [0.29, 0.717) is 13.0 Å². The molecule has 0 heterocycles. The second-order valence-corrected chi connectivity index (χ2v) is 5.33. The van der Waals surface area contributed by atoms with Crippen molar-refractivity contribution in [2.75, 3.05) is 6.61 Å². The number of ether oxygens (including phenoxy) is 1. The molecular formula is C17H25NO4. The molecule has 0 aliphatic heterocycles. The van der Waals surface area contributed by atoms with Crippen molar-refractivity contribution >= 4 is 11.9 Å². The highest BCUT2D eigenvalue weighted by Crippen LogP contribution is 2.15. The number of aliphatic carboxylic acids is 1. The van der Waals surface area contributed by atoms with Gasteiger partial charge < -0.3 is 15.2 Å². The number of nitrogens with one attached hydrogen (secondary N) is 1. The minimum Gasteiger partial charge on any atom is -0.494 e. The maximum Gasteiger partial charge on any atom is 0.325 e. The summed E-state index contributed by atoms with van der Waals surface area (Å²) in [6.45, 7) is 4.30. The van der Waals surface area contributed by atoms with Gasteiger partial charge in [-0.15, -0.1) is 0 Å². The third-order valence-electron chi connectivity index (χ3n) is 3.30. The molecule has 0 saturated heterocycles. The van der Waals surface area contributed by atoms with Crippen LogP contribution in [0.4, 0.5) is 0 Å². The molecule has 5 heteroatoms. The Morgan fingerprint density at radius 2 is 2.09 bits per heavy atom. The third-order valence-corrected chi connectivity index (χ3v) is 3.30. The first-order valence-electron chi connectivity index (χ1n) is 7.76. The predicted molar refractivity (Wildman–Crippen MR) is 85.0 cm³/mol. The average Bonchev–Trinajstić information content (AvgIpc) is 2.50. The van der Waals surface area contributed by atoms with Gasteiger partial charge in [-0.1, -0.05) is 31.9 Å². The van der Waals surface area contributed by atoms with Gasteiger partial charge >= 0.3 is 5.97 Å². The number of carboxylic acid groups (broad SMARTS) is 1. The standard InChI is InChI=1S/C17H25NO4/c1-3-4-5-11-22-15-8-6-7-14(12-15)9-10-16(19)18-13(2)17(20)21/h6-8,12-13H,3-5,9-11H2,1-2H3,(H,18,19)(H,20,21). The monoisotopic (exact) mass is 307 g/mol. The van der Waals surface area contributed by atoms with Gasteiger partial charge in [-0.25, -0.2) is 0 Å². The molecule has 1 unspecified atom stereocenters. The highest BCUT2D eigenvalue weighted by Gasteiger charge is 2.13. The number of carboxylic acids is 1. The number of rotatable bonds is 10. The lowest BCUT2D eigenvalue weighted by atomic mass is 10.1. The SMILES string of the molecule is CCCCCOc1cccc(CCC(=O)NC(C)C(=O)O)c1. The summed E-state index contributed by atoms with van der Waals surface area (Å²) in [5.41, 5.74) is 1.01. The van der Waals surface area contributed by atoms with Crippen molar-refractivity contribution in [2.45, 2.75) is 52.0 Å². The minimum atomic E-state index is -1.03. The van der Waals surface area contributed by atoms with Crippen molar-refractivity contribution in [3.63, 3.8) is 0 Å². The summed E-state index contributed by atoms with van der Waals surface area (Å²) in [6, 6.07) is 6.82. The first-order valence-corrected chi connectivity index (χ1v) is 7.76. The molecule has 1 atom stereocenters. The van der Waals surface area contributed by atoms with Crippen LogP contribution in [0.3, 0.4) is 0 Å². The number of carbonyl (C=O) groups excluding carboxylic acids is 1. The molecule has 0 spiro atoms. The topological polar surface area (TPSA) is 75.6 Å². The number of carbonyl (C=O) groups is 2. The van der Waals surface area contributed by atoms with Crippen LogP contribution in [0.25, 0.3) is 0 Å². The van der Waals surface area contributed by atoms with Crippen LogP contribution in [0.5, 0.6) is 5.75 Å². The summed E-state index contributed by atoms with van der Waals surface area (Å²) in [7, 11) is 0. The Bertz CT molecular complexity index is 487. The van der Waals surface area contributed by atoms with Crippen molar-refractivity contribution < 1.29 is 19.4 Å². The minimum absolute atomic E-state index is 0.260. The number of amides is 1. The fourth-order valence-electron chi connectivity index (χ4n) is 1.97. The smallest absolute Gasteiger partial charge is 0.325 e. The van der Waals surface area contributed by atoms with Gasteiger partial charge in [0.05, 0.1) is 6.61 Å². The van der Waals surface area contributed by atoms with E-state index >= 15 is 0 Å². The van der Waals surface area contributed by atoms with Crippen LogP contribution in [0.15, 0.2) is 24.3 Å². The molecule has 1 aromatic carbocycles. The van der Waals surface area contributed by atoms with Crippen LogP contribution in [0.1, 0.15) is 45.1 Å². The lowest BCUT2D eigenvalue weighted by Gasteiger charge is -2.10. The van der Waals surface area contributed by atoms with E-state index < -0.39 is 12.0 Å². The van der Waals surface area contributed by atoms with E-state index in [1.54, 1.807) is 0 Å². The van der Waals surface area contributed by atoms with Gasteiger partial charge in [0.1, 0.15) is 11.8 Å². The van der Waals surface area contributed by atoms with Crippen molar-refractivity contribution in [3.8, 4) is 5.75 Å². The molecule has 1 amide bonds. The van der Waals surface area contributed by atoms with Crippen molar-refractivity contribution in [1.82, 2.24) is 5.32 Å². The van der Waals surface area contributed by atoms with Gasteiger partial charge in [-0.3, -0.25) is 9.59 Å². The Labute approximate surface area is 131 Å². The molecule has 0 aliphatic rings. The van der Waals surface area contributed by atoms with Crippen molar-refractivity contribution in [1.29, 1.82) is 0 Å². The number of aryl methyl sites for hydroxylation is 1. The number of hydrogen-bond acceptors (Lipinski definition) is 3. The molecule has 1 rings (SSSR count). The summed E-state index contributed by atoms with van der Waals surface area (Å²) in [6.07, 6.45) is 4.17. The van der Waals surface area contributed by atoms with Gasteiger partial charge in [-0.05, 0) is 37.5 Å². The lowest BCUT2D eigenvalue weighted by Crippen LogP contribution is -2.38. The van der Waals surface area contributed by atoms with E-state index in [1.807, 2.05) is 24.3 Å². The number of benzene rings is 1. The fourth-order valence-corrected chi connectivity index (χ4v) is 1.97. The fraction of sp³-hybridized carbons (Fsp3) is 0.529. The Morgan fingerprint density at radius 3 is 2.77 bits per heavy atom. The van der Waals surface area contributed by atoms with Crippen LogP contribution in [0, 0.1) is 0 Å². The largest absolute Gasteiger partial charge is 0.494 e. The van der Waals surface area contributed by atoms with E-state index in [9.17, 15) is 9.59 Å². The first kappa shape index (κ1) is 18.0. The molecule has 0 bridgehead atoms. The Kier molecular flexibility index (Phi) is 8.04. The molecule has 0 aromatic heterocycles. The first-order chi connectivity index (χ1) is 10.5. The van der Waals surface area contributed by atoms with E-state index in [0.717, 1.165) is 30.6 Å². The van der Waals surface area contributed by atoms with Crippen molar-refractivity contribution in [3.05, 3.63) is 29.8 Å². The van der Waals surface area contributed by atoms with Crippen LogP contribution in [-0.4, -0.2) is 29.6 Å².